The van der Waals surface area contributed by atoms with Crippen molar-refractivity contribution in [1.29, 1.82) is 0 Å². The highest BCUT2D eigenvalue weighted by molar-refractivity contribution is 4.73. The minimum atomic E-state index is -0.715. The molecule has 1 unspecified atom stereocenters. The van der Waals surface area contributed by atoms with Crippen LogP contribution >= 0.6 is 0 Å². The van der Waals surface area contributed by atoms with Crippen LogP contribution in [0, 0.1) is 0 Å². The van der Waals surface area contributed by atoms with Crippen LogP contribution in [-0.2, 0) is 9.47 Å². The average Bonchev–Trinajstić information content (AvgIpc) is 2.40. The maximum Gasteiger partial charge on any atom is 0.0741 e. The van der Waals surface area contributed by atoms with Crippen LogP contribution in [0.15, 0.2) is 0 Å². The summed E-state index contributed by atoms with van der Waals surface area (Å²) in [5.74, 6) is 0. The number of nitrogens with zero attached hydrogens (tertiary/aromatic N) is 1. The van der Waals surface area contributed by atoms with Crippen molar-refractivity contribution in [1.82, 2.24) is 4.90 Å². The molecule has 0 heterocycles. The van der Waals surface area contributed by atoms with E-state index in [1.54, 1.807) is 21.1 Å². The van der Waals surface area contributed by atoms with Gasteiger partial charge in [0.1, 0.15) is 0 Å². The van der Waals surface area contributed by atoms with Crippen LogP contribution < -0.4 is 5.73 Å². The zero-order valence-corrected chi connectivity index (χ0v) is 12.9. The molecule has 0 aromatic heterocycles. The molecule has 3 N–H and O–H groups in total. The van der Waals surface area contributed by atoms with Gasteiger partial charge in [0.15, 0.2) is 0 Å². The fourth-order valence-corrected chi connectivity index (χ4v) is 1.93. The summed E-state index contributed by atoms with van der Waals surface area (Å²) in [7, 11) is 3.46. The van der Waals surface area contributed by atoms with Gasteiger partial charge in [-0.3, -0.25) is 0 Å². The van der Waals surface area contributed by atoms with Gasteiger partial charge in [-0.05, 0) is 39.2 Å². The molecule has 0 aromatic carbocycles. The number of unbranched alkanes of at least 4 members (excludes halogenated alkanes) is 1. The summed E-state index contributed by atoms with van der Waals surface area (Å²) >= 11 is 0. The van der Waals surface area contributed by atoms with Crippen LogP contribution in [0.25, 0.3) is 0 Å². The van der Waals surface area contributed by atoms with Crippen LogP contribution in [0.1, 0.15) is 32.6 Å². The Morgan fingerprint density at radius 3 is 2.21 bits per heavy atom. The molecule has 0 fully saturated rings. The number of nitrogens with two attached hydrogens (primary N) is 1. The first-order valence-electron chi connectivity index (χ1n) is 7.18. The predicted molar refractivity (Wildman–Crippen MR) is 78.3 cm³/mol. The van der Waals surface area contributed by atoms with Crippen molar-refractivity contribution < 1.29 is 14.6 Å². The summed E-state index contributed by atoms with van der Waals surface area (Å²) in [6.07, 6.45) is 3.88. The molecule has 0 aliphatic heterocycles. The van der Waals surface area contributed by atoms with E-state index in [1.807, 2.05) is 0 Å². The van der Waals surface area contributed by atoms with Crippen molar-refractivity contribution in [3.8, 4) is 0 Å². The van der Waals surface area contributed by atoms with Crippen LogP contribution in [0.4, 0.5) is 0 Å². The van der Waals surface area contributed by atoms with E-state index in [4.69, 9.17) is 15.2 Å². The summed E-state index contributed by atoms with van der Waals surface area (Å²) in [4.78, 5) is 2.39. The van der Waals surface area contributed by atoms with E-state index in [0.717, 1.165) is 58.5 Å². The highest BCUT2D eigenvalue weighted by Crippen LogP contribution is 2.12. The molecule has 5 heteroatoms. The Morgan fingerprint density at radius 2 is 1.63 bits per heavy atom. The fourth-order valence-electron chi connectivity index (χ4n) is 1.93. The van der Waals surface area contributed by atoms with E-state index in [1.165, 1.54) is 0 Å². The third-order valence-corrected chi connectivity index (χ3v) is 3.31. The third-order valence-electron chi connectivity index (χ3n) is 3.31. The van der Waals surface area contributed by atoms with Gasteiger partial charge < -0.3 is 25.2 Å². The molecular weight excluding hydrogens is 244 g/mol. The highest BCUT2D eigenvalue weighted by atomic mass is 16.5. The van der Waals surface area contributed by atoms with Crippen LogP contribution in [0.5, 0.6) is 0 Å². The lowest BCUT2D eigenvalue weighted by Gasteiger charge is -2.24. The third kappa shape index (κ3) is 11.3. The van der Waals surface area contributed by atoms with Gasteiger partial charge >= 0.3 is 0 Å². The number of hydrogen-bond donors (Lipinski definition) is 2. The SMILES string of the molecule is COCCCN(CCCCC(C)(O)CN)CCOC. The van der Waals surface area contributed by atoms with Crippen LogP contribution in [0.3, 0.4) is 0 Å². The van der Waals surface area contributed by atoms with E-state index >= 15 is 0 Å². The second-order valence-corrected chi connectivity index (χ2v) is 5.34. The molecule has 0 radical (unpaired) electrons. The lowest BCUT2D eigenvalue weighted by molar-refractivity contribution is 0.0558. The van der Waals surface area contributed by atoms with Gasteiger partial charge in [0.25, 0.3) is 0 Å². The topological polar surface area (TPSA) is 68.0 Å². The number of hydrogen-bond acceptors (Lipinski definition) is 5. The largest absolute Gasteiger partial charge is 0.389 e. The number of aliphatic hydroxyl groups is 1. The van der Waals surface area contributed by atoms with Gasteiger partial charge in [-0.2, -0.15) is 0 Å². The van der Waals surface area contributed by atoms with E-state index in [9.17, 15) is 5.11 Å². The summed E-state index contributed by atoms with van der Waals surface area (Å²) in [6.45, 7) is 6.70. The Balaban J connectivity index is 3.77. The van der Waals surface area contributed by atoms with Gasteiger partial charge in [0, 0.05) is 40.5 Å². The molecule has 5 nitrogen and oxygen atoms in total. The molecule has 0 aromatic rings. The van der Waals surface area contributed by atoms with Crippen LogP contribution in [-0.4, -0.2) is 69.2 Å². The Bertz CT molecular complexity index is 201. The fraction of sp³-hybridized carbons (Fsp3) is 1.00. The molecule has 19 heavy (non-hydrogen) atoms. The Morgan fingerprint density at radius 1 is 1.00 bits per heavy atom. The van der Waals surface area contributed by atoms with Crippen LogP contribution in [0.2, 0.25) is 0 Å². The quantitative estimate of drug-likeness (QED) is 0.488. The van der Waals surface area contributed by atoms with E-state index in [-0.39, 0.29) is 0 Å². The predicted octanol–water partition coefficient (Wildman–Crippen LogP) is 0.851. The lowest BCUT2D eigenvalue weighted by atomic mass is 9.99. The zero-order valence-electron chi connectivity index (χ0n) is 12.9. The molecule has 1 atom stereocenters. The van der Waals surface area contributed by atoms with Crippen molar-refractivity contribution in [2.45, 2.75) is 38.2 Å². The van der Waals surface area contributed by atoms with E-state index in [2.05, 4.69) is 4.90 Å². The minimum Gasteiger partial charge on any atom is -0.389 e. The van der Waals surface area contributed by atoms with Gasteiger partial charge in [0.2, 0.25) is 0 Å². The zero-order chi connectivity index (χ0) is 14.6. The number of rotatable bonds is 13. The number of ether oxygens (including phenoxy) is 2. The van der Waals surface area contributed by atoms with Gasteiger partial charge in [-0.1, -0.05) is 0 Å². The molecule has 0 aliphatic carbocycles. The summed E-state index contributed by atoms with van der Waals surface area (Å²) in [5, 5.41) is 9.83. The average molecular weight is 276 g/mol. The van der Waals surface area contributed by atoms with Gasteiger partial charge in [-0.25, -0.2) is 0 Å². The van der Waals surface area contributed by atoms with Crippen molar-refractivity contribution in [3.63, 3.8) is 0 Å². The molecule has 0 aliphatic rings. The highest BCUT2D eigenvalue weighted by Gasteiger charge is 2.17. The molecule has 0 bridgehead atoms. The maximum atomic E-state index is 9.83. The van der Waals surface area contributed by atoms with Crippen molar-refractivity contribution >= 4 is 0 Å². The Kier molecular flexibility index (Phi) is 11.5. The van der Waals surface area contributed by atoms with E-state index in [0.29, 0.717) is 6.54 Å². The summed E-state index contributed by atoms with van der Waals surface area (Å²) in [6, 6.07) is 0. The normalized spacial score (nSPS) is 14.8. The molecule has 0 rings (SSSR count). The monoisotopic (exact) mass is 276 g/mol. The van der Waals surface area contributed by atoms with Crippen molar-refractivity contribution in [3.05, 3.63) is 0 Å². The molecule has 0 spiro atoms. The minimum absolute atomic E-state index is 0.328. The molecule has 0 saturated carbocycles. The van der Waals surface area contributed by atoms with Gasteiger partial charge in [0.05, 0.1) is 12.2 Å². The van der Waals surface area contributed by atoms with Gasteiger partial charge in [-0.15, -0.1) is 0 Å². The molecule has 0 saturated heterocycles. The second-order valence-electron chi connectivity index (χ2n) is 5.34. The smallest absolute Gasteiger partial charge is 0.0741 e. The lowest BCUT2D eigenvalue weighted by Crippen LogP contribution is -2.34. The summed E-state index contributed by atoms with van der Waals surface area (Å²) in [5.41, 5.74) is 4.79. The molecule has 116 valence electrons. The maximum absolute atomic E-state index is 9.83. The first-order valence-corrected chi connectivity index (χ1v) is 7.18. The van der Waals surface area contributed by atoms with Crippen molar-refractivity contribution in [2.24, 2.45) is 5.73 Å². The molecule has 0 amide bonds. The van der Waals surface area contributed by atoms with E-state index < -0.39 is 5.60 Å². The second kappa shape index (κ2) is 11.6. The summed E-state index contributed by atoms with van der Waals surface area (Å²) < 4.78 is 10.2. The molecular formula is C14H32N2O3. The van der Waals surface area contributed by atoms with Crippen molar-refractivity contribution in [2.75, 3.05) is 53.6 Å². The first-order chi connectivity index (χ1) is 9.05. The number of methoxy groups -OCH3 is 2. The Labute approximate surface area is 118 Å². The first kappa shape index (κ1) is 18.8. The Hall–Kier alpha value is -0.200. The standard InChI is InChI=1S/C14H32N2O3/c1-14(17,13-15)7-4-5-8-16(10-12-19-3)9-6-11-18-2/h17H,4-13,15H2,1-3H3.